The van der Waals surface area contributed by atoms with Crippen LogP contribution in [0.5, 0.6) is 0 Å². The summed E-state index contributed by atoms with van der Waals surface area (Å²) in [4.78, 5) is 0. The normalized spacial score (nSPS) is 12.4. The maximum Gasteiger partial charge on any atom is 0.0485 e. The Labute approximate surface area is 157 Å². The van der Waals surface area contributed by atoms with Crippen LogP contribution in [0.4, 0.5) is 0 Å². The van der Waals surface area contributed by atoms with Gasteiger partial charge in [0, 0.05) is 25.3 Å². The highest BCUT2D eigenvalue weighted by atomic mass is 16.3. The average molecular weight is 356 g/mol. The highest BCUT2D eigenvalue weighted by Gasteiger charge is 2.03. The highest BCUT2D eigenvalue weighted by Crippen LogP contribution is 2.18. The van der Waals surface area contributed by atoms with Crippen LogP contribution < -0.4 is 5.73 Å². The lowest BCUT2D eigenvalue weighted by atomic mass is 10.00. The van der Waals surface area contributed by atoms with Crippen molar-refractivity contribution in [3.63, 3.8) is 0 Å². The zero-order chi connectivity index (χ0) is 18.6. The first kappa shape index (κ1) is 24.5. The van der Waals surface area contributed by atoms with Gasteiger partial charge in [0.15, 0.2) is 0 Å². The number of hydrogen-bond acceptors (Lipinski definition) is 3. The first-order chi connectivity index (χ1) is 12.3. The van der Waals surface area contributed by atoms with Gasteiger partial charge in [0.2, 0.25) is 0 Å². The topological polar surface area (TPSA) is 66.5 Å². The molecule has 0 aliphatic heterocycles. The molecular weight excluding hydrogens is 310 g/mol. The average Bonchev–Trinajstić information content (AvgIpc) is 2.61. The number of rotatable bonds is 19. The van der Waals surface area contributed by atoms with E-state index in [2.05, 4.69) is 6.92 Å². The van der Waals surface area contributed by atoms with Crippen molar-refractivity contribution >= 4 is 0 Å². The predicted molar refractivity (Wildman–Crippen MR) is 110 cm³/mol. The first-order valence-corrected chi connectivity index (χ1v) is 10.9. The monoisotopic (exact) mass is 355 g/mol. The number of nitrogens with two attached hydrogens (primary N) is 1. The number of aliphatic hydroxyl groups excluding tert-OH is 2. The smallest absolute Gasteiger partial charge is 0.0485 e. The van der Waals surface area contributed by atoms with Crippen LogP contribution in [0.2, 0.25) is 0 Å². The summed E-state index contributed by atoms with van der Waals surface area (Å²) in [6, 6.07) is 0. The molecule has 0 aromatic rings. The van der Waals surface area contributed by atoms with Crippen molar-refractivity contribution in [1.29, 1.82) is 0 Å². The van der Waals surface area contributed by atoms with Gasteiger partial charge in [-0.15, -0.1) is 0 Å². The minimum Gasteiger partial charge on any atom is -0.402 e. The quantitative estimate of drug-likeness (QED) is 0.255. The van der Waals surface area contributed by atoms with E-state index in [0.717, 1.165) is 24.1 Å². The number of unbranched alkanes of at least 4 members (excludes halogenated alkanes) is 13. The summed E-state index contributed by atoms with van der Waals surface area (Å²) in [5, 5.41) is 18.1. The minimum atomic E-state index is 0.0967. The third kappa shape index (κ3) is 16.7. The third-order valence-corrected chi connectivity index (χ3v) is 5.08. The summed E-state index contributed by atoms with van der Waals surface area (Å²) in [6.45, 7) is 2.52. The van der Waals surface area contributed by atoms with Crippen LogP contribution in [-0.4, -0.2) is 23.4 Å². The summed E-state index contributed by atoms with van der Waals surface area (Å²) in [7, 11) is 0. The van der Waals surface area contributed by atoms with E-state index in [0.29, 0.717) is 12.8 Å². The second-order valence-corrected chi connectivity index (χ2v) is 7.42. The molecule has 0 amide bonds. The zero-order valence-corrected chi connectivity index (χ0v) is 16.9. The Morgan fingerprint density at radius 3 is 1.36 bits per heavy atom. The maximum absolute atomic E-state index is 9.12. The Balaban J connectivity index is 3.41. The lowest BCUT2D eigenvalue weighted by Crippen LogP contribution is -2.06. The Kier molecular flexibility index (Phi) is 19.4. The lowest BCUT2D eigenvalue weighted by molar-refractivity contribution is 0.290. The summed E-state index contributed by atoms with van der Waals surface area (Å²) in [6.07, 6.45) is 21.3. The van der Waals surface area contributed by atoms with Crippen molar-refractivity contribution in [2.24, 2.45) is 5.73 Å². The summed E-state index contributed by atoms with van der Waals surface area (Å²) >= 11 is 0. The fourth-order valence-electron chi connectivity index (χ4n) is 3.41. The van der Waals surface area contributed by atoms with Gasteiger partial charge in [-0.1, -0.05) is 90.4 Å². The molecule has 0 aliphatic rings. The summed E-state index contributed by atoms with van der Waals surface area (Å²) in [5.41, 5.74) is 7.91. The van der Waals surface area contributed by atoms with Gasteiger partial charge >= 0.3 is 0 Å². The molecule has 25 heavy (non-hydrogen) atoms. The fourth-order valence-corrected chi connectivity index (χ4v) is 3.41. The van der Waals surface area contributed by atoms with Crippen molar-refractivity contribution < 1.29 is 10.2 Å². The first-order valence-electron chi connectivity index (χ1n) is 10.9. The van der Waals surface area contributed by atoms with E-state index in [9.17, 15) is 0 Å². The van der Waals surface area contributed by atoms with Crippen molar-refractivity contribution in [2.45, 2.75) is 116 Å². The molecule has 0 unspecified atom stereocenters. The van der Waals surface area contributed by atoms with Gasteiger partial charge in [0.25, 0.3) is 0 Å². The van der Waals surface area contributed by atoms with Gasteiger partial charge in [-0.25, -0.2) is 0 Å². The molecule has 0 saturated heterocycles. The van der Waals surface area contributed by atoms with Gasteiger partial charge in [0.1, 0.15) is 0 Å². The van der Waals surface area contributed by atoms with Gasteiger partial charge < -0.3 is 15.9 Å². The van der Waals surface area contributed by atoms with E-state index in [4.69, 9.17) is 15.9 Å². The SMILES string of the molecule is CCCCCCCCCCCCCCCC/C(CCO)=C(/N)CCO. The van der Waals surface area contributed by atoms with Crippen molar-refractivity contribution in [3.8, 4) is 0 Å². The summed E-state index contributed by atoms with van der Waals surface area (Å²) in [5.74, 6) is 0. The Bertz CT molecular complexity index is 302. The van der Waals surface area contributed by atoms with Crippen LogP contribution >= 0.6 is 0 Å². The Hall–Kier alpha value is -0.540. The van der Waals surface area contributed by atoms with Crippen molar-refractivity contribution in [2.75, 3.05) is 13.2 Å². The lowest BCUT2D eigenvalue weighted by Gasteiger charge is -2.10. The van der Waals surface area contributed by atoms with Gasteiger partial charge in [-0.3, -0.25) is 0 Å². The molecule has 0 heterocycles. The molecule has 0 aliphatic carbocycles. The molecule has 0 rings (SSSR count). The van der Waals surface area contributed by atoms with E-state index in [1.807, 2.05) is 0 Å². The molecule has 0 fully saturated rings. The largest absolute Gasteiger partial charge is 0.402 e. The standard InChI is InChI=1S/C22H45NO2/c1-2-3-4-5-6-7-8-9-10-11-12-13-14-15-16-21(17-19-24)22(23)18-20-25/h24-25H,2-20,23H2,1H3/b22-21-. The zero-order valence-electron chi connectivity index (χ0n) is 16.9. The van der Waals surface area contributed by atoms with Gasteiger partial charge in [-0.2, -0.15) is 0 Å². The minimum absolute atomic E-state index is 0.0967. The van der Waals surface area contributed by atoms with Crippen molar-refractivity contribution in [1.82, 2.24) is 0 Å². The predicted octanol–water partition coefficient (Wildman–Crippen LogP) is 5.84. The Morgan fingerprint density at radius 1 is 0.560 bits per heavy atom. The van der Waals surface area contributed by atoms with E-state index >= 15 is 0 Å². The van der Waals surface area contributed by atoms with Gasteiger partial charge in [0.05, 0.1) is 0 Å². The molecule has 0 aromatic heterocycles. The summed E-state index contributed by atoms with van der Waals surface area (Å²) < 4.78 is 0. The van der Waals surface area contributed by atoms with E-state index in [1.165, 1.54) is 83.5 Å². The molecule has 150 valence electrons. The molecule has 0 aromatic carbocycles. The Morgan fingerprint density at radius 2 is 0.960 bits per heavy atom. The van der Waals surface area contributed by atoms with Crippen LogP contribution in [0.25, 0.3) is 0 Å². The van der Waals surface area contributed by atoms with Crippen LogP contribution in [0, 0.1) is 0 Å². The van der Waals surface area contributed by atoms with Crippen molar-refractivity contribution in [3.05, 3.63) is 11.3 Å². The molecule has 0 saturated carbocycles. The molecule has 3 nitrogen and oxygen atoms in total. The molecule has 3 heteroatoms. The number of hydrogen-bond donors (Lipinski definition) is 3. The molecular formula is C22H45NO2. The van der Waals surface area contributed by atoms with E-state index < -0.39 is 0 Å². The third-order valence-electron chi connectivity index (χ3n) is 5.08. The molecule has 4 N–H and O–H groups in total. The second-order valence-electron chi connectivity index (χ2n) is 7.42. The van der Waals surface area contributed by atoms with Gasteiger partial charge in [-0.05, 0) is 24.8 Å². The second kappa shape index (κ2) is 19.8. The van der Waals surface area contributed by atoms with Crippen LogP contribution in [0.1, 0.15) is 116 Å². The fraction of sp³-hybridized carbons (Fsp3) is 0.909. The number of aliphatic hydroxyl groups is 2. The molecule has 0 bridgehead atoms. The van der Waals surface area contributed by atoms with Crippen LogP contribution in [0.15, 0.2) is 11.3 Å². The molecule has 0 radical (unpaired) electrons. The maximum atomic E-state index is 9.12. The molecule has 0 spiro atoms. The van der Waals surface area contributed by atoms with Crippen LogP contribution in [0.3, 0.4) is 0 Å². The van der Waals surface area contributed by atoms with Crippen LogP contribution in [-0.2, 0) is 0 Å². The van der Waals surface area contributed by atoms with E-state index in [1.54, 1.807) is 0 Å². The van der Waals surface area contributed by atoms with E-state index in [-0.39, 0.29) is 13.2 Å². The highest BCUT2D eigenvalue weighted by molar-refractivity contribution is 5.11. The molecule has 0 atom stereocenters.